The maximum atomic E-state index is 10.1. The van der Waals surface area contributed by atoms with E-state index < -0.39 is 11.5 Å². The quantitative estimate of drug-likeness (QED) is 0.418. The normalized spacial score (nSPS) is 11.0. The zero-order valence-electron chi connectivity index (χ0n) is 12.5. The third-order valence-corrected chi connectivity index (χ3v) is 3.47. The second-order valence-corrected chi connectivity index (χ2v) is 5.04. The second-order valence-electron chi connectivity index (χ2n) is 5.04. The average molecular weight is 322 g/mol. The number of azo groups is 1. The van der Waals surface area contributed by atoms with Crippen LogP contribution in [0.5, 0.6) is 23.0 Å². The van der Waals surface area contributed by atoms with E-state index in [1.165, 1.54) is 24.3 Å². The fourth-order valence-electron chi connectivity index (χ4n) is 2.22. The summed E-state index contributed by atoms with van der Waals surface area (Å²) in [4.78, 5) is 0. The van der Waals surface area contributed by atoms with Gasteiger partial charge in [-0.3, -0.25) is 0 Å². The monoisotopic (exact) mass is 322 g/mol. The largest absolute Gasteiger partial charge is 0.504 e. The Kier molecular flexibility index (Phi) is 4.03. The lowest BCUT2D eigenvalue weighted by molar-refractivity contribution is 0.403. The van der Waals surface area contributed by atoms with Crippen LogP contribution in [0.15, 0.2) is 70.9 Å². The summed E-state index contributed by atoms with van der Waals surface area (Å²) in [6.45, 7) is 0. The van der Waals surface area contributed by atoms with Crippen LogP contribution in [0, 0.1) is 0 Å². The first-order chi connectivity index (χ1) is 11.6. The molecule has 0 heterocycles. The first kappa shape index (κ1) is 15.4. The van der Waals surface area contributed by atoms with E-state index in [2.05, 4.69) is 10.2 Å². The van der Waals surface area contributed by atoms with Gasteiger partial charge in [-0.05, 0) is 29.8 Å². The Labute approximate surface area is 137 Å². The maximum Gasteiger partial charge on any atom is 0.186 e. The van der Waals surface area contributed by atoms with Crippen molar-refractivity contribution in [2.45, 2.75) is 0 Å². The molecule has 0 saturated carbocycles. The van der Waals surface area contributed by atoms with Crippen LogP contribution in [0.4, 0.5) is 11.4 Å². The van der Waals surface area contributed by atoms with Crippen LogP contribution in [-0.2, 0) is 0 Å². The Morgan fingerprint density at radius 2 is 1.29 bits per heavy atom. The maximum absolute atomic E-state index is 10.1. The number of nitrogens with zero attached hydrogens (tertiary/aromatic N) is 2. The molecule has 0 radical (unpaired) electrons. The van der Waals surface area contributed by atoms with Crippen molar-refractivity contribution in [3.63, 3.8) is 0 Å². The van der Waals surface area contributed by atoms with Crippen LogP contribution in [0.25, 0.3) is 11.1 Å². The molecule has 0 atom stereocenters. The number of rotatable bonds is 3. The van der Waals surface area contributed by atoms with Gasteiger partial charge in [0.1, 0.15) is 11.4 Å². The Morgan fingerprint density at radius 1 is 0.583 bits per heavy atom. The molecule has 4 N–H and O–H groups in total. The van der Waals surface area contributed by atoms with Crippen molar-refractivity contribution in [1.82, 2.24) is 0 Å². The Hall–Kier alpha value is -3.54. The molecule has 24 heavy (non-hydrogen) atoms. The van der Waals surface area contributed by atoms with Gasteiger partial charge < -0.3 is 20.4 Å². The summed E-state index contributed by atoms with van der Waals surface area (Å²) in [5, 5.41) is 46.9. The predicted molar refractivity (Wildman–Crippen MR) is 89.2 cm³/mol. The zero-order valence-corrected chi connectivity index (χ0v) is 12.5. The fourth-order valence-corrected chi connectivity index (χ4v) is 2.22. The van der Waals surface area contributed by atoms with Crippen LogP contribution >= 0.6 is 0 Å². The first-order valence-electron chi connectivity index (χ1n) is 7.11. The molecule has 120 valence electrons. The van der Waals surface area contributed by atoms with Gasteiger partial charge in [0.25, 0.3) is 0 Å². The van der Waals surface area contributed by atoms with Gasteiger partial charge >= 0.3 is 0 Å². The molecule has 0 fully saturated rings. The molecule has 6 heteroatoms. The molecular formula is C18H14N2O4. The summed E-state index contributed by atoms with van der Waals surface area (Å²) in [6.07, 6.45) is 0. The molecule has 0 aliphatic rings. The number of para-hydroxylation sites is 1. The number of hydrogen-bond donors (Lipinski definition) is 4. The minimum Gasteiger partial charge on any atom is -0.504 e. The van der Waals surface area contributed by atoms with Crippen LogP contribution in [0.1, 0.15) is 0 Å². The van der Waals surface area contributed by atoms with Crippen molar-refractivity contribution in [3.8, 4) is 34.1 Å². The summed E-state index contributed by atoms with van der Waals surface area (Å²) in [5.41, 5.74) is 1.44. The number of phenolic OH excluding ortho intramolecular Hbond substituents is 4. The SMILES string of the molecule is Oc1cccc(N=Nc2c(-c3ccccc3)ccc(O)c2O)c1O. The Morgan fingerprint density at radius 3 is 2.04 bits per heavy atom. The van der Waals surface area contributed by atoms with Crippen LogP contribution < -0.4 is 0 Å². The second kappa shape index (κ2) is 6.29. The van der Waals surface area contributed by atoms with Crippen LogP contribution in [-0.4, -0.2) is 20.4 Å². The highest BCUT2D eigenvalue weighted by Crippen LogP contribution is 2.44. The van der Waals surface area contributed by atoms with E-state index >= 15 is 0 Å². The van der Waals surface area contributed by atoms with E-state index in [0.717, 1.165) is 5.56 Å². The van der Waals surface area contributed by atoms with E-state index in [-0.39, 0.29) is 22.9 Å². The van der Waals surface area contributed by atoms with E-state index in [1.54, 1.807) is 6.07 Å². The minimum atomic E-state index is -0.417. The van der Waals surface area contributed by atoms with Gasteiger partial charge in [0.15, 0.2) is 23.0 Å². The van der Waals surface area contributed by atoms with Gasteiger partial charge in [0.2, 0.25) is 0 Å². The summed E-state index contributed by atoms with van der Waals surface area (Å²) in [7, 11) is 0. The van der Waals surface area contributed by atoms with Gasteiger partial charge in [0.05, 0.1) is 0 Å². The standard InChI is InChI=1S/C18H14N2O4/c21-14-8-4-7-13(17(14)23)19-20-16-12(9-10-15(22)18(16)24)11-5-2-1-3-6-11/h1-10,21-24H. The van der Waals surface area contributed by atoms with Crippen LogP contribution in [0.3, 0.4) is 0 Å². The van der Waals surface area contributed by atoms with Gasteiger partial charge in [-0.15, -0.1) is 10.2 Å². The molecule has 3 aromatic rings. The number of benzene rings is 3. The predicted octanol–water partition coefficient (Wildman–Crippen LogP) is 4.59. The highest BCUT2D eigenvalue weighted by atomic mass is 16.3. The molecule has 0 amide bonds. The summed E-state index contributed by atoms with van der Waals surface area (Å²) in [5.74, 6) is -1.49. The topological polar surface area (TPSA) is 106 Å². The molecule has 3 rings (SSSR count). The van der Waals surface area contributed by atoms with Crippen molar-refractivity contribution >= 4 is 11.4 Å². The van der Waals surface area contributed by atoms with Crippen molar-refractivity contribution in [3.05, 3.63) is 60.7 Å². The molecule has 0 bridgehead atoms. The lowest BCUT2D eigenvalue weighted by Gasteiger charge is -2.08. The van der Waals surface area contributed by atoms with E-state index in [0.29, 0.717) is 5.56 Å². The molecular weight excluding hydrogens is 308 g/mol. The molecule has 6 nitrogen and oxygen atoms in total. The number of hydrogen-bond acceptors (Lipinski definition) is 6. The molecule has 0 saturated heterocycles. The van der Waals surface area contributed by atoms with Crippen molar-refractivity contribution in [2.24, 2.45) is 10.2 Å². The summed E-state index contributed by atoms with van der Waals surface area (Å²) >= 11 is 0. The fraction of sp³-hybridized carbons (Fsp3) is 0. The van der Waals surface area contributed by atoms with Crippen molar-refractivity contribution < 1.29 is 20.4 Å². The van der Waals surface area contributed by atoms with E-state index in [1.807, 2.05) is 30.3 Å². The number of phenols is 4. The average Bonchev–Trinajstić information content (AvgIpc) is 2.60. The van der Waals surface area contributed by atoms with E-state index in [9.17, 15) is 20.4 Å². The molecule has 3 aromatic carbocycles. The Balaban J connectivity index is 2.12. The third-order valence-electron chi connectivity index (χ3n) is 3.47. The van der Waals surface area contributed by atoms with E-state index in [4.69, 9.17) is 0 Å². The zero-order chi connectivity index (χ0) is 17.1. The molecule has 0 aromatic heterocycles. The Bertz CT molecular complexity index is 908. The minimum absolute atomic E-state index is 0.0387. The highest BCUT2D eigenvalue weighted by molar-refractivity contribution is 5.81. The molecule has 0 unspecified atom stereocenters. The third kappa shape index (κ3) is 2.85. The lowest BCUT2D eigenvalue weighted by atomic mass is 10.0. The van der Waals surface area contributed by atoms with Gasteiger partial charge in [0, 0.05) is 5.56 Å². The van der Waals surface area contributed by atoms with Crippen molar-refractivity contribution in [2.75, 3.05) is 0 Å². The van der Waals surface area contributed by atoms with Crippen LogP contribution in [0.2, 0.25) is 0 Å². The molecule has 0 aliphatic heterocycles. The first-order valence-corrected chi connectivity index (χ1v) is 7.11. The smallest absolute Gasteiger partial charge is 0.186 e. The molecule has 0 aliphatic carbocycles. The lowest BCUT2D eigenvalue weighted by Crippen LogP contribution is -1.80. The summed E-state index contributed by atoms with van der Waals surface area (Å²) < 4.78 is 0. The van der Waals surface area contributed by atoms with Gasteiger partial charge in [-0.2, -0.15) is 0 Å². The molecule has 0 spiro atoms. The number of aromatic hydroxyl groups is 4. The van der Waals surface area contributed by atoms with Gasteiger partial charge in [-0.1, -0.05) is 36.4 Å². The summed E-state index contributed by atoms with van der Waals surface area (Å²) in [6, 6.07) is 16.4. The van der Waals surface area contributed by atoms with Gasteiger partial charge in [-0.25, -0.2) is 0 Å². The highest BCUT2D eigenvalue weighted by Gasteiger charge is 2.14. The van der Waals surface area contributed by atoms with Crippen molar-refractivity contribution in [1.29, 1.82) is 0 Å².